The number of aromatic nitrogens is 2. The van der Waals surface area contributed by atoms with Crippen molar-refractivity contribution < 1.29 is 9.53 Å². The van der Waals surface area contributed by atoms with E-state index in [9.17, 15) is 14.4 Å². The molecule has 0 aliphatic carbocycles. The van der Waals surface area contributed by atoms with Gasteiger partial charge in [-0.1, -0.05) is 42.0 Å². The summed E-state index contributed by atoms with van der Waals surface area (Å²) in [7, 11) is 0. The highest BCUT2D eigenvalue weighted by molar-refractivity contribution is 5.91. The number of hydrogen-bond acceptors (Lipinski definition) is 5. The number of hydrogen-bond donors (Lipinski definition) is 2. The van der Waals surface area contributed by atoms with Crippen molar-refractivity contribution in [3.63, 3.8) is 0 Å². The van der Waals surface area contributed by atoms with E-state index in [2.05, 4.69) is 15.4 Å². The number of fused-ring (bicyclic) bond motifs is 1. The second-order valence-corrected chi connectivity index (χ2v) is 7.11. The SMILES string of the molecule is Cc1ccc(NC(=O)COc2cccc(C=Nn3c(=O)[nH]c4ccccc4c3=O)c2)cc1. The molecule has 4 aromatic rings. The lowest BCUT2D eigenvalue weighted by Crippen LogP contribution is -2.32. The fraction of sp³-hybridized carbons (Fsp3) is 0.0833. The van der Waals surface area contributed by atoms with Gasteiger partial charge in [0.15, 0.2) is 6.61 Å². The molecule has 0 spiro atoms. The average Bonchev–Trinajstić information content (AvgIpc) is 2.79. The fourth-order valence-electron chi connectivity index (χ4n) is 3.05. The summed E-state index contributed by atoms with van der Waals surface area (Å²) >= 11 is 0. The lowest BCUT2D eigenvalue weighted by Gasteiger charge is -2.08. The normalized spacial score (nSPS) is 11.0. The van der Waals surface area contributed by atoms with E-state index in [-0.39, 0.29) is 12.5 Å². The van der Waals surface area contributed by atoms with Crippen LogP contribution in [-0.4, -0.2) is 28.4 Å². The number of para-hydroxylation sites is 1. The Balaban J connectivity index is 1.45. The van der Waals surface area contributed by atoms with Gasteiger partial charge in [-0.15, -0.1) is 4.68 Å². The lowest BCUT2D eigenvalue weighted by molar-refractivity contribution is -0.118. The lowest BCUT2D eigenvalue weighted by atomic mass is 10.2. The van der Waals surface area contributed by atoms with E-state index in [1.807, 2.05) is 31.2 Å². The molecule has 160 valence electrons. The highest BCUT2D eigenvalue weighted by Gasteiger charge is 2.06. The van der Waals surface area contributed by atoms with Crippen LogP contribution < -0.4 is 21.3 Å². The standard InChI is InChI=1S/C24H20N4O4/c1-16-9-11-18(12-10-16)26-22(29)15-32-19-6-4-5-17(13-19)14-25-28-23(30)20-7-2-3-8-21(20)27-24(28)31/h2-14H,15H2,1H3,(H,26,29)(H,27,31). The summed E-state index contributed by atoms with van der Waals surface area (Å²) < 4.78 is 6.32. The number of amides is 1. The van der Waals surface area contributed by atoms with Crippen molar-refractivity contribution in [3.8, 4) is 5.75 Å². The molecular formula is C24H20N4O4. The summed E-state index contributed by atoms with van der Waals surface area (Å²) in [5.74, 6) is 0.162. The Morgan fingerprint density at radius 1 is 1.06 bits per heavy atom. The number of carbonyl (C=O) groups is 1. The van der Waals surface area contributed by atoms with Crippen LogP contribution in [0.4, 0.5) is 5.69 Å². The van der Waals surface area contributed by atoms with Crippen LogP contribution in [-0.2, 0) is 4.79 Å². The van der Waals surface area contributed by atoms with Crippen LogP contribution in [0.2, 0.25) is 0 Å². The first kappa shape index (κ1) is 20.8. The third-order valence-corrected chi connectivity index (χ3v) is 4.67. The number of benzene rings is 3. The highest BCUT2D eigenvalue weighted by atomic mass is 16.5. The third-order valence-electron chi connectivity index (χ3n) is 4.67. The number of nitrogens with one attached hydrogen (secondary N) is 2. The predicted molar refractivity (Wildman–Crippen MR) is 124 cm³/mol. The Morgan fingerprint density at radius 3 is 2.66 bits per heavy atom. The van der Waals surface area contributed by atoms with Crippen molar-refractivity contribution in [2.75, 3.05) is 11.9 Å². The van der Waals surface area contributed by atoms with Gasteiger partial charge in [0.2, 0.25) is 0 Å². The van der Waals surface area contributed by atoms with Crippen molar-refractivity contribution in [2.45, 2.75) is 6.92 Å². The molecule has 0 atom stereocenters. The average molecular weight is 428 g/mol. The summed E-state index contributed by atoms with van der Waals surface area (Å²) in [6.07, 6.45) is 1.38. The van der Waals surface area contributed by atoms with Crippen LogP contribution in [0.3, 0.4) is 0 Å². The first-order valence-corrected chi connectivity index (χ1v) is 9.87. The Kier molecular flexibility index (Phi) is 5.94. The molecule has 0 radical (unpaired) electrons. The van der Waals surface area contributed by atoms with Gasteiger partial charge in [0, 0.05) is 5.69 Å². The largest absolute Gasteiger partial charge is 0.484 e. The molecule has 8 nitrogen and oxygen atoms in total. The van der Waals surface area contributed by atoms with Gasteiger partial charge in [0.05, 0.1) is 17.1 Å². The van der Waals surface area contributed by atoms with Crippen molar-refractivity contribution >= 4 is 28.7 Å². The van der Waals surface area contributed by atoms with E-state index in [1.54, 1.807) is 48.5 Å². The number of carbonyl (C=O) groups excluding carboxylic acids is 1. The van der Waals surface area contributed by atoms with Crippen LogP contribution in [0.5, 0.6) is 5.75 Å². The Bertz CT molecular complexity index is 1420. The number of H-pyrrole nitrogens is 1. The van der Waals surface area contributed by atoms with Gasteiger partial charge in [-0.3, -0.25) is 9.59 Å². The maximum atomic E-state index is 12.5. The van der Waals surface area contributed by atoms with Crippen LogP contribution in [0, 0.1) is 6.92 Å². The molecular weight excluding hydrogens is 408 g/mol. The zero-order valence-electron chi connectivity index (χ0n) is 17.2. The molecule has 0 fully saturated rings. The number of nitrogens with zero attached hydrogens (tertiary/aromatic N) is 2. The van der Waals surface area contributed by atoms with Gasteiger partial charge in [0.1, 0.15) is 5.75 Å². The summed E-state index contributed by atoms with van der Waals surface area (Å²) in [6.45, 7) is 1.80. The van der Waals surface area contributed by atoms with Crippen molar-refractivity contribution in [1.29, 1.82) is 0 Å². The topological polar surface area (TPSA) is 106 Å². The second kappa shape index (κ2) is 9.13. The summed E-state index contributed by atoms with van der Waals surface area (Å²) in [5.41, 5.74) is 1.70. The molecule has 0 unspecified atom stereocenters. The maximum Gasteiger partial charge on any atom is 0.349 e. The van der Waals surface area contributed by atoms with E-state index in [0.717, 1.165) is 10.2 Å². The van der Waals surface area contributed by atoms with Crippen LogP contribution in [0.1, 0.15) is 11.1 Å². The smallest absolute Gasteiger partial charge is 0.349 e. The molecule has 1 aromatic heterocycles. The molecule has 32 heavy (non-hydrogen) atoms. The Labute approximate surface area is 182 Å². The van der Waals surface area contributed by atoms with Crippen molar-refractivity contribution in [2.24, 2.45) is 5.10 Å². The minimum Gasteiger partial charge on any atom is -0.484 e. The maximum absolute atomic E-state index is 12.5. The molecule has 1 heterocycles. The Morgan fingerprint density at radius 2 is 1.84 bits per heavy atom. The van der Waals surface area contributed by atoms with E-state index >= 15 is 0 Å². The molecule has 0 bridgehead atoms. The summed E-state index contributed by atoms with van der Waals surface area (Å²) in [6, 6.07) is 21.0. The predicted octanol–water partition coefficient (Wildman–Crippen LogP) is 2.90. The molecule has 0 saturated carbocycles. The van der Waals surface area contributed by atoms with Crippen LogP contribution >= 0.6 is 0 Å². The van der Waals surface area contributed by atoms with Gasteiger partial charge in [-0.25, -0.2) is 4.79 Å². The first-order valence-electron chi connectivity index (χ1n) is 9.87. The first-order chi connectivity index (χ1) is 15.5. The molecule has 0 aliphatic rings. The molecule has 8 heteroatoms. The van der Waals surface area contributed by atoms with Crippen LogP contribution in [0.15, 0.2) is 87.5 Å². The fourth-order valence-corrected chi connectivity index (χ4v) is 3.05. The summed E-state index contributed by atoms with van der Waals surface area (Å²) in [4.78, 5) is 39.5. The Hall–Kier alpha value is -4.46. The van der Waals surface area contributed by atoms with Crippen molar-refractivity contribution in [3.05, 3.63) is 105 Å². The molecule has 0 aliphatic heterocycles. The van der Waals surface area contributed by atoms with Gasteiger partial charge in [-0.2, -0.15) is 5.10 Å². The minimum absolute atomic E-state index is 0.168. The minimum atomic E-state index is -0.634. The number of ether oxygens (including phenoxy) is 1. The quantitative estimate of drug-likeness (QED) is 0.461. The molecule has 1 amide bonds. The molecule has 0 saturated heterocycles. The van der Waals surface area contributed by atoms with Crippen molar-refractivity contribution in [1.82, 2.24) is 9.66 Å². The number of rotatable bonds is 6. The highest BCUT2D eigenvalue weighted by Crippen LogP contribution is 2.13. The van der Waals surface area contributed by atoms with E-state index in [1.165, 1.54) is 6.21 Å². The number of anilines is 1. The molecule has 4 rings (SSSR count). The monoisotopic (exact) mass is 428 g/mol. The van der Waals surface area contributed by atoms with Gasteiger partial charge >= 0.3 is 5.69 Å². The zero-order valence-corrected chi connectivity index (χ0v) is 17.2. The second-order valence-electron chi connectivity index (χ2n) is 7.11. The van der Waals surface area contributed by atoms with Gasteiger partial charge in [-0.05, 0) is 48.9 Å². The number of aromatic amines is 1. The van der Waals surface area contributed by atoms with Gasteiger partial charge < -0.3 is 15.0 Å². The third kappa shape index (κ3) is 4.81. The molecule has 2 N–H and O–H groups in total. The zero-order chi connectivity index (χ0) is 22.5. The summed E-state index contributed by atoms with van der Waals surface area (Å²) in [5, 5.41) is 7.15. The van der Waals surface area contributed by atoms with Gasteiger partial charge in [0.25, 0.3) is 11.5 Å². The van der Waals surface area contributed by atoms with E-state index in [0.29, 0.717) is 27.9 Å². The van der Waals surface area contributed by atoms with E-state index in [4.69, 9.17) is 4.74 Å². The van der Waals surface area contributed by atoms with E-state index < -0.39 is 11.2 Å². The molecule has 3 aromatic carbocycles. The van der Waals surface area contributed by atoms with Crippen LogP contribution in [0.25, 0.3) is 10.9 Å². The number of aryl methyl sites for hydroxylation is 1.